The molecule has 2 amide bonds. The predicted octanol–water partition coefficient (Wildman–Crippen LogP) is 1.08. The second kappa shape index (κ2) is 7.49. The quantitative estimate of drug-likeness (QED) is 0.559. The number of carbonyl (C=O) groups excluding carboxylic acids is 3. The second-order valence-electron chi connectivity index (χ2n) is 10.1. The Morgan fingerprint density at radius 1 is 1.17 bits per heavy atom. The highest BCUT2D eigenvalue weighted by Crippen LogP contribution is 2.40. The first-order valence-corrected chi connectivity index (χ1v) is 11.7. The number of rotatable bonds is 3. The summed E-state index contributed by atoms with van der Waals surface area (Å²) in [5.74, 6) is 0.798. The van der Waals surface area contributed by atoms with E-state index in [-0.39, 0.29) is 24.0 Å². The number of allylic oxidation sites excluding steroid dienone is 4. The lowest BCUT2D eigenvalue weighted by Gasteiger charge is -2.33. The lowest BCUT2D eigenvalue weighted by Crippen LogP contribution is -2.42. The Labute approximate surface area is 201 Å². The monoisotopic (exact) mass is 474 g/mol. The van der Waals surface area contributed by atoms with Crippen LogP contribution >= 0.6 is 0 Å². The summed E-state index contributed by atoms with van der Waals surface area (Å²) < 4.78 is 1.66. The fourth-order valence-electron chi connectivity index (χ4n) is 5.31. The number of hydrogen-bond donors (Lipinski definition) is 3. The van der Waals surface area contributed by atoms with Crippen molar-refractivity contribution in [2.75, 3.05) is 29.9 Å². The van der Waals surface area contributed by atoms with Gasteiger partial charge in [-0.3, -0.25) is 19.7 Å². The van der Waals surface area contributed by atoms with E-state index in [1.165, 1.54) is 0 Å². The number of carbonyl (C=O) groups is 3. The van der Waals surface area contributed by atoms with Gasteiger partial charge in [0.25, 0.3) is 0 Å². The summed E-state index contributed by atoms with van der Waals surface area (Å²) in [6.07, 6.45) is 10.8. The molecule has 2 aromatic rings. The van der Waals surface area contributed by atoms with Crippen molar-refractivity contribution < 1.29 is 14.4 Å². The number of amides is 2. The molecule has 1 atom stereocenters. The number of nitrogens with one attached hydrogen (secondary N) is 3. The summed E-state index contributed by atoms with van der Waals surface area (Å²) >= 11 is 0. The fourth-order valence-corrected chi connectivity index (χ4v) is 5.31. The first kappa shape index (κ1) is 21.5. The van der Waals surface area contributed by atoms with Crippen LogP contribution in [-0.4, -0.2) is 56.8 Å². The van der Waals surface area contributed by atoms with Crippen LogP contribution in [0.3, 0.4) is 0 Å². The molecule has 0 radical (unpaired) electrons. The van der Waals surface area contributed by atoms with Crippen LogP contribution in [0.1, 0.15) is 33.1 Å². The molecule has 0 aromatic carbocycles. The minimum absolute atomic E-state index is 0.163. The number of ketones is 1. The van der Waals surface area contributed by atoms with Gasteiger partial charge in [-0.2, -0.15) is 4.98 Å². The van der Waals surface area contributed by atoms with Crippen molar-refractivity contribution in [3.63, 3.8) is 0 Å². The zero-order valence-corrected chi connectivity index (χ0v) is 19.6. The number of aromatic nitrogens is 4. The number of Topliss-reactive ketones (excluding diaryl/α,β-unsaturated/α-hetero) is 1. The van der Waals surface area contributed by atoms with Crippen molar-refractivity contribution in [2.24, 2.45) is 10.8 Å². The topological polar surface area (TPSA) is 134 Å². The molecule has 3 aliphatic heterocycles. The van der Waals surface area contributed by atoms with Crippen molar-refractivity contribution in [3.8, 4) is 0 Å². The molecule has 3 saturated heterocycles. The van der Waals surface area contributed by atoms with Gasteiger partial charge in [-0.25, -0.2) is 9.50 Å². The highest BCUT2D eigenvalue weighted by Gasteiger charge is 2.51. The van der Waals surface area contributed by atoms with Gasteiger partial charge in [-0.15, -0.1) is 5.10 Å². The van der Waals surface area contributed by atoms with E-state index in [1.807, 2.05) is 30.9 Å². The number of hydrogen-bond acceptors (Lipinski definition) is 9. The van der Waals surface area contributed by atoms with Gasteiger partial charge in [0.1, 0.15) is 0 Å². The highest BCUT2D eigenvalue weighted by atomic mass is 16.2. The molecule has 4 aliphatic rings. The average Bonchev–Trinajstić information content (AvgIpc) is 3.45. The Morgan fingerprint density at radius 3 is 2.83 bits per heavy atom. The molecule has 3 fully saturated rings. The van der Waals surface area contributed by atoms with Gasteiger partial charge in [0.15, 0.2) is 17.2 Å². The third-order valence-electron chi connectivity index (χ3n) is 7.47. The molecule has 6 rings (SSSR count). The molecule has 1 aliphatic carbocycles. The largest absolute Gasteiger partial charge is 0.378 e. The van der Waals surface area contributed by atoms with Gasteiger partial charge >= 0.3 is 0 Å². The standard InChI is InChI=1S/C24H26N8O3/c1-23(2)15-5-3-14(4-6-16(15)26-12-17(23)33)27-22-29-20-19(25-8-10-32(20)30-22)31-9-7-24(13-31)11-18(34)28-21(24)35/h3,5-6,8,10,26H,4,7,9,11-13H2,1-2H3,(H,27,30)(H,28,34,35)/t24-/m0/s1. The summed E-state index contributed by atoms with van der Waals surface area (Å²) in [6, 6.07) is 0. The third-order valence-corrected chi connectivity index (χ3v) is 7.47. The first-order valence-electron chi connectivity index (χ1n) is 11.7. The van der Waals surface area contributed by atoms with Crippen LogP contribution in [0.5, 0.6) is 0 Å². The molecule has 0 bridgehead atoms. The number of piperidine rings is 1. The van der Waals surface area contributed by atoms with E-state index in [0.29, 0.717) is 49.9 Å². The third kappa shape index (κ3) is 3.41. The van der Waals surface area contributed by atoms with Gasteiger partial charge in [-0.1, -0.05) is 12.2 Å². The summed E-state index contributed by atoms with van der Waals surface area (Å²) in [5, 5.41) is 13.5. The maximum absolute atomic E-state index is 12.4. The lowest BCUT2D eigenvalue weighted by atomic mass is 9.75. The smallest absolute Gasteiger partial charge is 0.247 e. The molecule has 2 aromatic heterocycles. The molecule has 1 spiro atoms. The van der Waals surface area contributed by atoms with Crippen LogP contribution in [0, 0.1) is 10.8 Å². The van der Waals surface area contributed by atoms with E-state index in [4.69, 9.17) is 0 Å². The summed E-state index contributed by atoms with van der Waals surface area (Å²) in [4.78, 5) is 47.8. The lowest BCUT2D eigenvalue weighted by molar-refractivity contribution is -0.128. The minimum atomic E-state index is -0.696. The van der Waals surface area contributed by atoms with Crippen molar-refractivity contribution in [1.82, 2.24) is 30.2 Å². The highest BCUT2D eigenvalue weighted by molar-refractivity contribution is 6.06. The van der Waals surface area contributed by atoms with Crippen molar-refractivity contribution in [2.45, 2.75) is 33.1 Å². The van der Waals surface area contributed by atoms with Gasteiger partial charge < -0.3 is 15.5 Å². The van der Waals surface area contributed by atoms with Crippen LogP contribution in [0.25, 0.3) is 5.65 Å². The first-order chi connectivity index (χ1) is 16.7. The van der Waals surface area contributed by atoms with Crippen LogP contribution in [0.15, 0.2) is 47.6 Å². The van der Waals surface area contributed by atoms with Crippen LogP contribution < -0.4 is 20.9 Å². The Kier molecular flexibility index (Phi) is 4.60. The average molecular weight is 475 g/mol. The molecule has 180 valence electrons. The van der Waals surface area contributed by atoms with E-state index in [9.17, 15) is 14.4 Å². The van der Waals surface area contributed by atoms with Gasteiger partial charge in [0, 0.05) is 49.7 Å². The van der Waals surface area contributed by atoms with E-state index < -0.39 is 10.8 Å². The zero-order valence-electron chi connectivity index (χ0n) is 19.6. The zero-order chi connectivity index (χ0) is 24.4. The number of fused-ring (bicyclic) bond motifs is 2. The van der Waals surface area contributed by atoms with Crippen molar-refractivity contribution in [1.29, 1.82) is 0 Å². The van der Waals surface area contributed by atoms with Crippen molar-refractivity contribution in [3.05, 3.63) is 47.6 Å². The SMILES string of the molecule is CC1(C)C(=O)CNC2=CCC(Nc3nc4c(N5CC[C@]6(CC(=O)NC6=O)C5)nccn4n3)=CC=C21. The molecule has 3 N–H and O–H groups in total. The van der Waals surface area contributed by atoms with Crippen LogP contribution in [0.4, 0.5) is 11.8 Å². The van der Waals surface area contributed by atoms with E-state index >= 15 is 0 Å². The molecule has 11 nitrogen and oxygen atoms in total. The predicted molar refractivity (Wildman–Crippen MR) is 127 cm³/mol. The van der Waals surface area contributed by atoms with Gasteiger partial charge in [-0.05, 0) is 31.9 Å². The van der Waals surface area contributed by atoms with Crippen LogP contribution in [0.2, 0.25) is 0 Å². The molecule has 5 heterocycles. The Balaban J connectivity index is 1.26. The molecule has 0 unspecified atom stereocenters. The van der Waals surface area contributed by atoms with E-state index in [0.717, 1.165) is 17.0 Å². The Hall–Kier alpha value is -4.02. The van der Waals surface area contributed by atoms with E-state index in [1.54, 1.807) is 16.9 Å². The maximum Gasteiger partial charge on any atom is 0.247 e. The number of nitrogens with zero attached hydrogens (tertiary/aromatic N) is 5. The van der Waals surface area contributed by atoms with Gasteiger partial charge in [0.2, 0.25) is 17.8 Å². The summed E-state index contributed by atoms with van der Waals surface area (Å²) in [5.41, 5.74) is 2.19. The fraction of sp³-hybridized carbons (Fsp3) is 0.417. The Morgan fingerprint density at radius 2 is 2.03 bits per heavy atom. The number of anilines is 2. The summed E-state index contributed by atoms with van der Waals surface area (Å²) in [7, 11) is 0. The minimum Gasteiger partial charge on any atom is -0.378 e. The van der Waals surface area contributed by atoms with Crippen LogP contribution in [-0.2, 0) is 14.4 Å². The molecular formula is C24H26N8O3. The normalized spacial score (nSPS) is 25.6. The maximum atomic E-state index is 12.4. The van der Waals surface area contributed by atoms with Crippen molar-refractivity contribution >= 4 is 35.0 Å². The summed E-state index contributed by atoms with van der Waals surface area (Å²) in [6.45, 7) is 5.26. The van der Waals surface area contributed by atoms with E-state index in [2.05, 4.69) is 37.1 Å². The number of imide groups is 1. The van der Waals surface area contributed by atoms with Gasteiger partial charge in [0.05, 0.1) is 17.4 Å². The molecule has 35 heavy (non-hydrogen) atoms. The molecular weight excluding hydrogens is 448 g/mol. The second-order valence-corrected chi connectivity index (χ2v) is 10.1. The molecule has 11 heteroatoms. The molecule has 0 saturated carbocycles. The Bertz CT molecular complexity index is 1380.